The second kappa shape index (κ2) is 7.64. The number of halogens is 1. The number of nitrogens with one attached hydrogen (secondary N) is 1. The molecule has 1 heterocycles. The van der Waals surface area contributed by atoms with E-state index in [0.29, 0.717) is 25.1 Å². The number of carbonyl (C=O) groups is 2. The Kier molecular flexibility index (Phi) is 5.80. The minimum absolute atomic E-state index is 0.147. The third kappa shape index (κ3) is 5.22. The standard InChI is InChI=1S/C18H25FN2O3/c1-18(2,3)24-17(23)21-10-6-8-14(12-21)16(22)20-11-13-7-4-5-9-15(13)19/h4-5,7,9,14H,6,8,10-12H2,1-3H3,(H,20,22)/t14-/m0/s1. The van der Waals surface area contributed by atoms with Gasteiger partial charge < -0.3 is 15.0 Å². The zero-order valence-electron chi connectivity index (χ0n) is 14.5. The van der Waals surface area contributed by atoms with Gasteiger partial charge in [-0.3, -0.25) is 4.79 Å². The maximum absolute atomic E-state index is 13.6. The summed E-state index contributed by atoms with van der Waals surface area (Å²) >= 11 is 0. The van der Waals surface area contributed by atoms with Crippen LogP contribution in [0.15, 0.2) is 24.3 Å². The summed E-state index contributed by atoms with van der Waals surface area (Å²) in [7, 11) is 0. The molecule has 6 heteroatoms. The van der Waals surface area contributed by atoms with Gasteiger partial charge in [-0.25, -0.2) is 9.18 Å². The molecule has 2 rings (SSSR count). The van der Waals surface area contributed by atoms with Gasteiger partial charge in [0.2, 0.25) is 5.91 Å². The number of hydrogen-bond donors (Lipinski definition) is 1. The molecule has 0 bridgehead atoms. The average molecular weight is 336 g/mol. The van der Waals surface area contributed by atoms with E-state index in [1.807, 2.05) is 20.8 Å². The maximum Gasteiger partial charge on any atom is 0.410 e. The summed E-state index contributed by atoms with van der Waals surface area (Å²) in [5.74, 6) is -0.790. The largest absolute Gasteiger partial charge is 0.444 e. The Labute approximate surface area is 142 Å². The molecule has 1 N–H and O–H groups in total. The van der Waals surface area contributed by atoms with Gasteiger partial charge in [0.25, 0.3) is 0 Å². The monoisotopic (exact) mass is 336 g/mol. The SMILES string of the molecule is CC(C)(C)OC(=O)N1CCC[C@H](C(=O)NCc2ccccc2F)C1. The van der Waals surface area contributed by atoms with Crippen molar-refractivity contribution in [2.75, 3.05) is 13.1 Å². The van der Waals surface area contributed by atoms with E-state index in [0.717, 1.165) is 6.42 Å². The van der Waals surface area contributed by atoms with Crippen LogP contribution >= 0.6 is 0 Å². The average Bonchev–Trinajstić information content (AvgIpc) is 2.52. The summed E-state index contributed by atoms with van der Waals surface area (Å²) < 4.78 is 18.9. The van der Waals surface area contributed by atoms with Crippen LogP contribution in [-0.2, 0) is 16.1 Å². The van der Waals surface area contributed by atoms with Gasteiger partial charge >= 0.3 is 6.09 Å². The van der Waals surface area contributed by atoms with Crippen molar-refractivity contribution in [2.45, 2.75) is 45.8 Å². The van der Waals surface area contributed by atoms with Crippen molar-refractivity contribution in [2.24, 2.45) is 5.92 Å². The van der Waals surface area contributed by atoms with Gasteiger partial charge in [-0.1, -0.05) is 18.2 Å². The third-order valence-electron chi connectivity index (χ3n) is 3.85. The van der Waals surface area contributed by atoms with Gasteiger partial charge in [-0.15, -0.1) is 0 Å². The lowest BCUT2D eigenvalue weighted by Gasteiger charge is -2.33. The maximum atomic E-state index is 13.6. The molecule has 0 saturated carbocycles. The minimum atomic E-state index is -0.558. The molecule has 0 aliphatic carbocycles. The molecule has 0 aromatic heterocycles. The molecule has 5 nitrogen and oxygen atoms in total. The molecule has 1 atom stereocenters. The summed E-state index contributed by atoms with van der Waals surface area (Å²) in [4.78, 5) is 26.0. The number of rotatable bonds is 3. The molecule has 132 valence electrons. The van der Waals surface area contributed by atoms with Crippen LogP contribution in [0.2, 0.25) is 0 Å². The van der Waals surface area contributed by atoms with Crippen molar-refractivity contribution in [3.8, 4) is 0 Å². The summed E-state index contributed by atoms with van der Waals surface area (Å²) in [6, 6.07) is 6.35. The normalized spacial score (nSPS) is 18.2. The Balaban J connectivity index is 1.88. The predicted octanol–water partition coefficient (Wildman–Crippen LogP) is 3.09. The second-order valence-corrected chi connectivity index (χ2v) is 7.07. The molecule has 0 spiro atoms. The molecule has 0 unspecified atom stereocenters. The van der Waals surface area contributed by atoms with Gasteiger partial charge in [0.05, 0.1) is 5.92 Å². The Hall–Kier alpha value is -2.11. The lowest BCUT2D eigenvalue weighted by atomic mass is 9.97. The predicted molar refractivity (Wildman–Crippen MR) is 88.8 cm³/mol. The first-order chi connectivity index (χ1) is 11.3. The lowest BCUT2D eigenvalue weighted by molar-refractivity contribution is -0.126. The molecule has 1 aromatic carbocycles. The van der Waals surface area contributed by atoms with E-state index in [4.69, 9.17) is 4.74 Å². The number of nitrogens with zero attached hydrogens (tertiary/aromatic N) is 1. The van der Waals surface area contributed by atoms with Gasteiger partial charge in [-0.2, -0.15) is 0 Å². The van der Waals surface area contributed by atoms with Crippen LogP contribution in [0, 0.1) is 11.7 Å². The molecule has 24 heavy (non-hydrogen) atoms. The number of amides is 2. The first-order valence-electron chi connectivity index (χ1n) is 8.25. The van der Waals surface area contributed by atoms with E-state index in [9.17, 15) is 14.0 Å². The Morgan fingerprint density at radius 2 is 2.04 bits per heavy atom. The number of piperidine rings is 1. The number of benzene rings is 1. The Morgan fingerprint density at radius 1 is 1.33 bits per heavy atom. The van der Waals surface area contributed by atoms with E-state index in [2.05, 4.69) is 5.32 Å². The van der Waals surface area contributed by atoms with Gasteiger partial charge in [0.15, 0.2) is 0 Å². The third-order valence-corrected chi connectivity index (χ3v) is 3.85. The van der Waals surface area contributed by atoms with Crippen LogP contribution in [0.1, 0.15) is 39.2 Å². The molecule has 1 saturated heterocycles. The zero-order chi connectivity index (χ0) is 17.7. The lowest BCUT2D eigenvalue weighted by Crippen LogP contribution is -2.46. The van der Waals surface area contributed by atoms with Crippen LogP contribution in [-0.4, -0.2) is 35.6 Å². The highest BCUT2D eigenvalue weighted by atomic mass is 19.1. The zero-order valence-corrected chi connectivity index (χ0v) is 14.5. The van der Waals surface area contributed by atoms with Gasteiger partial charge in [0.1, 0.15) is 11.4 Å². The molecule has 1 aliphatic heterocycles. The van der Waals surface area contributed by atoms with Crippen molar-refractivity contribution >= 4 is 12.0 Å². The van der Waals surface area contributed by atoms with Crippen LogP contribution in [0.25, 0.3) is 0 Å². The fraction of sp³-hybridized carbons (Fsp3) is 0.556. The van der Waals surface area contributed by atoms with Crippen molar-refractivity contribution in [1.82, 2.24) is 10.2 Å². The highest BCUT2D eigenvalue weighted by Gasteiger charge is 2.30. The van der Waals surface area contributed by atoms with Crippen molar-refractivity contribution < 1.29 is 18.7 Å². The molecule has 2 amide bonds. The number of hydrogen-bond acceptors (Lipinski definition) is 3. The first-order valence-corrected chi connectivity index (χ1v) is 8.25. The molecule has 1 fully saturated rings. The second-order valence-electron chi connectivity index (χ2n) is 7.07. The summed E-state index contributed by atoms with van der Waals surface area (Å²) in [5, 5.41) is 2.76. The van der Waals surface area contributed by atoms with Crippen molar-refractivity contribution in [1.29, 1.82) is 0 Å². The van der Waals surface area contributed by atoms with Crippen molar-refractivity contribution in [3.63, 3.8) is 0 Å². The van der Waals surface area contributed by atoms with E-state index in [-0.39, 0.29) is 24.2 Å². The molecular weight excluding hydrogens is 311 g/mol. The van der Waals surface area contributed by atoms with Crippen LogP contribution in [0.3, 0.4) is 0 Å². The molecular formula is C18H25FN2O3. The molecule has 0 radical (unpaired) electrons. The van der Waals surface area contributed by atoms with Crippen LogP contribution < -0.4 is 5.32 Å². The topological polar surface area (TPSA) is 58.6 Å². The summed E-state index contributed by atoms with van der Waals surface area (Å²) in [6.45, 7) is 6.51. The van der Waals surface area contributed by atoms with Crippen LogP contribution in [0.5, 0.6) is 0 Å². The fourth-order valence-electron chi connectivity index (χ4n) is 2.65. The molecule has 1 aliphatic rings. The molecule has 1 aromatic rings. The Bertz CT molecular complexity index is 598. The number of ether oxygens (including phenoxy) is 1. The number of carbonyl (C=O) groups excluding carboxylic acids is 2. The minimum Gasteiger partial charge on any atom is -0.444 e. The van der Waals surface area contributed by atoms with Crippen LogP contribution in [0.4, 0.5) is 9.18 Å². The fourth-order valence-corrected chi connectivity index (χ4v) is 2.65. The number of likely N-dealkylation sites (tertiary alicyclic amines) is 1. The van der Waals surface area contributed by atoms with E-state index < -0.39 is 11.7 Å². The smallest absolute Gasteiger partial charge is 0.410 e. The van der Waals surface area contributed by atoms with E-state index in [1.54, 1.807) is 23.1 Å². The summed E-state index contributed by atoms with van der Waals surface area (Å²) in [5.41, 5.74) is -0.109. The first kappa shape index (κ1) is 18.2. The Morgan fingerprint density at radius 3 is 2.71 bits per heavy atom. The van der Waals surface area contributed by atoms with E-state index in [1.165, 1.54) is 6.07 Å². The van der Waals surface area contributed by atoms with E-state index >= 15 is 0 Å². The van der Waals surface area contributed by atoms with Gasteiger partial charge in [0, 0.05) is 25.2 Å². The van der Waals surface area contributed by atoms with Gasteiger partial charge in [-0.05, 0) is 39.7 Å². The highest BCUT2D eigenvalue weighted by Crippen LogP contribution is 2.19. The highest BCUT2D eigenvalue weighted by molar-refractivity contribution is 5.80. The quantitative estimate of drug-likeness (QED) is 0.923. The van der Waals surface area contributed by atoms with Crippen molar-refractivity contribution in [3.05, 3.63) is 35.6 Å². The summed E-state index contributed by atoms with van der Waals surface area (Å²) in [6.07, 6.45) is 1.06.